The van der Waals surface area contributed by atoms with E-state index in [0.29, 0.717) is 0 Å². The summed E-state index contributed by atoms with van der Waals surface area (Å²) in [6, 6.07) is 0. The molecule has 16 heavy (non-hydrogen) atoms. The van der Waals surface area contributed by atoms with Crippen LogP contribution in [0.15, 0.2) is 0 Å². The molecule has 0 aromatic heterocycles. The van der Waals surface area contributed by atoms with Crippen LogP contribution in [-0.2, 0) is 14.3 Å². The fourth-order valence-corrected chi connectivity index (χ4v) is 2.32. The first-order valence-corrected chi connectivity index (χ1v) is 6.60. The fraction of sp³-hybridized carbons (Fsp3) is 0.909. The predicted octanol–water partition coefficient (Wildman–Crippen LogP) is 1.30. The maximum atomic E-state index is 11.5. The van der Waals surface area contributed by atoms with E-state index in [-0.39, 0.29) is 5.97 Å². The van der Waals surface area contributed by atoms with Crippen molar-refractivity contribution in [2.75, 3.05) is 39.4 Å². The highest BCUT2D eigenvalue weighted by atomic mass is 32.2. The molecular formula is C11H23NO3S. The van der Waals surface area contributed by atoms with Gasteiger partial charge in [0.2, 0.25) is 0 Å². The maximum Gasteiger partial charge on any atom is 0.325 e. The first kappa shape index (κ1) is 15.7. The Bertz CT molecular complexity index is 202. The van der Waals surface area contributed by atoms with Crippen molar-refractivity contribution < 1.29 is 14.3 Å². The topological polar surface area (TPSA) is 47.6 Å². The van der Waals surface area contributed by atoms with Gasteiger partial charge in [-0.1, -0.05) is 0 Å². The van der Waals surface area contributed by atoms with Gasteiger partial charge in [0.05, 0.1) is 7.11 Å². The molecule has 0 saturated heterocycles. The van der Waals surface area contributed by atoms with Crippen molar-refractivity contribution in [2.24, 2.45) is 0 Å². The molecule has 0 heterocycles. The van der Waals surface area contributed by atoms with E-state index >= 15 is 0 Å². The van der Waals surface area contributed by atoms with Crippen molar-refractivity contribution in [1.29, 1.82) is 0 Å². The van der Waals surface area contributed by atoms with Crippen molar-refractivity contribution >= 4 is 17.7 Å². The summed E-state index contributed by atoms with van der Waals surface area (Å²) >= 11 is 1.84. The predicted molar refractivity (Wildman–Crippen MR) is 67.9 cm³/mol. The zero-order valence-corrected chi connectivity index (χ0v) is 11.5. The van der Waals surface area contributed by atoms with Gasteiger partial charge in [-0.2, -0.15) is 11.8 Å². The van der Waals surface area contributed by atoms with Gasteiger partial charge in [-0.25, -0.2) is 0 Å². The third-order valence-electron chi connectivity index (χ3n) is 2.57. The second kappa shape index (κ2) is 8.84. The average Bonchev–Trinajstić information content (AvgIpc) is 2.32. The quantitative estimate of drug-likeness (QED) is 0.493. The van der Waals surface area contributed by atoms with Crippen LogP contribution in [0.25, 0.3) is 0 Å². The van der Waals surface area contributed by atoms with E-state index in [0.717, 1.165) is 31.0 Å². The van der Waals surface area contributed by atoms with Crippen LogP contribution in [0.3, 0.4) is 0 Å². The molecule has 5 heteroatoms. The highest BCUT2D eigenvalue weighted by Gasteiger charge is 2.31. The molecule has 0 rings (SSSR count). The van der Waals surface area contributed by atoms with Gasteiger partial charge in [0.15, 0.2) is 0 Å². The zero-order valence-electron chi connectivity index (χ0n) is 10.7. The Morgan fingerprint density at radius 2 is 2.06 bits per heavy atom. The van der Waals surface area contributed by atoms with Gasteiger partial charge in [-0.15, -0.1) is 0 Å². The van der Waals surface area contributed by atoms with Crippen molar-refractivity contribution in [3.8, 4) is 0 Å². The minimum Gasteiger partial charge on any atom is -0.468 e. The van der Waals surface area contributed by atoms with Crippen LogP contribution in [0.5, 0.6) is 0 Å². The molecule has 0 bridgehead atoms. The van der Waals surface area contributed by atoms with Gasteiger partial charge in [0.25, 0.3) is 0 Å². The normalized spacial score (nSPS) is 14.5. The third kappa shape index (κ3) is 5.72. The molecule has 0 radical (unpaired) electrons. The minimum atomic E-state index is -0.566. The minimum absolute atomic E-state index is 0.201. The number of carbonyl (C=O) groups is 1. The largest absolute Gasteiger partial charge is 0.468 e. The van der Waals surface area contributed by atoms with E-state index in [4.69, 9.17) is 9.47 Å². The number of methoxy groups -OCH3 is 2. The van der Waals surface area contributed by atoms with Crippen molar-refractivity contribution in [2.45, 2.75) is 25.3 Å². The summed E-state index contributed by atoms with van der Waals surface area (Å²) in [6.07, 6.45) is 1.82. The Morgan fingerprint density at radius 1 is 1.38 bits per heavy atom. The van der Waals surface area contributed by atoms with Crippen molar-refractivity contribution in [3.05, 3.63) is 0 Å². The monoisotopic (exact) mass is 249 g/mol. The maximum absolute atomic E-state index is 11.5. The molecule has 1 N–H and O–H groups in total. The van der Waals surface area contributed by atoms with E-state index in [1.165, 1.54) is 7.11 Å². The molecule has 0 fully saturated rings. The summed E-state index contributed by atoms with van der Waals surface area (Å²) in [7, 11) is 4.91. The molecule has 1 unspecified atom stereocenters. The van der Waals surface area contributed by atoms with Crippen molar-refractivity contribution in [1.82, 2.24) is 5.32 Å². The average molecular weight is 249 g/mol. The number of hydrogen-bond donors (Lipinski definition) is 1. The van der Waals surface area contributed by atoms with Crippen molar-refractivity contribution in [3.63, 3.8) is 0 Å². The van der Waals surface area contributed by atoms with Crippen LogP contribution in [-0.4, -0.2) is 50.9 Å². The lowest BCUT2D eigenvalue weighted by molar-refractivity contribution is -0.147. The van der Waals surface area contributed by atoms with Crippen LogP contribution in [0.1, 0.15) is 19.8 Å². The second-order valence-electron chi connectivity index (χ2n) is 3.78. The van der Waals surface area contributed by atoms with Crippen LogP contribution in [0.4, 0.5) is 0 Å². The van der Waals surface area contributed by atoms with Crippen LogP contribution in [0, 0.1) is 0 Å². The van der Waals surface area contributed by atoms with Gasteiger partial charge in [-0.05, 0) is 38.3 Å². The van der Waals surface area contributed by atoms with Crippen LogP contribution < -0.4 is 5.32 Å². The number of nitrogens with one attached hydrogen (secondary N) is 1. The zero-order chi connectivity index (χ0) is 12.4. The molecule has 0 amide bonds. The number of rotatable bonds is 9. The summed E-state index contributed by atoms with van der Waals surface area (Å²) < 4.78 is 9.74. The smallest absolute Gasteiger partial charge is 0.325 e. The lowest BCUT2D eigenvalue weighted by Crippen LogP contribution is -2.48. The lowest BCUT2D eigenvalue weighted by atomic mass is 10.00. The summed E-state index contributed by atoms with van der Waals surface area (Å²) in [4.78, 5) is 11.5. The fourth-order valence-electron chi connectivity index (χ4n) is 1.24. The van der Waals surface area contributed by atoms with E-state index in [1.807, 2.05) is 18.7 Å². The Balaban J connectivity index is 3.74. The van der Waals surface area contributed by atoms with Gasteiger partial charge in [-0.3, -0.25) is 4.79 Å². The standard InChI is InChI=1S/C11H23NO3S/c1-11(12-2,10(13)15-4)6-9-16-8-5-7-14-3/h12H,5-9H2,1-4H3. The van der Waals surface area contributed by atoms with Crippen LogP contribution >= 0.6 is 11.8 Å². The molecule has 4 nitrogen and oxygen atoms in total. The number of hydrogen-bond acceptors (Lipinski definition) is 5. The number of ether oxygens (including phenoxy) is 2. The molecular weight excluding hydrogens is 226 g/mol. The molecule has 0 aliphatic rings. The highest BCUT2D eigenvalue weighted by Crippen LogP contribution is 2.16. The van der Waals surface area contributed by atoms with E-state index in [9.17, 15) is 4.79 Å². The van der Waals surface area contributed by atoms with E-state index < -0.39 is 5.54 Å². The molecule has 0 aliphatic heterocycles. The summed E-state index contributed by atoms with van der Waals surface area (Å²) in [5, 5.41) is 3.02. The first-order valence-electron chi connectivity index (χ1n) is 5.44. The van der Waals surface area contributed by atoms with Gasteiger partial charge >= 0.3 is 5.97 Å². The molecule has 0 aromatic carbocycles. The molecule has 1 atom stereocenters. The number of thioether (sulfide) groups is 1. The number of likely N-dealkylation sites (N-methyl/N-ethyl adjacent to an activating group) is 1. The Kier molecular flexibility index (Phi) is 8.70. The van der Waals surface area contributed by atoms with E-state index in [2.05, 4.69) is 5.32 Å². The molecule has 0 saturated carbocycles. The molecule has 96 valence electrons. The third-order valence-corrected chi connectivity index (χ3v) is 3.64. The Hall–Kier alpha value is -0.260. The number of carbonyl (C=O) groups excluding carboxylic acids is 1. The highest BCUT2D eigenvalue weighted by molar-refractivity contribution is 7.99. The first-order chi connectivity index (χ1) is 7.60. The van der Waals surface area contributed by atoms with Crippen LogP contribution in [0.2, 0.25) is 0 Å². The Morgan fingerprint density at radius 3 is 2.56 bits per heavy atom. The summed E-state index contributed by atoms with van der Waals surface area (Å²) in [5.74, 6) is 1.80. The van der Waals surface area contributed by atoms with Gasteiger partial charge in [0, 0.05) is 13.7 Å². The molecule has 0 aliphatic carbocycles. The van der Waals surface area contributed by atoms with E-state index in [1.54, 1.807) is 14.2 Å². The summed E-state index contributed by atoms with van der Waals surface area (Å²) in [5.41, 5.74) is -0.566. The SMILES string of the molecule is CNC(C)(CCSCCCOC)C(=O)OC. The molecule has 0 spiro atoms. The number of esters is 1. The lowest BCUT2D eigenvalue weighted by Gasteiger charge is -2.25. The second-order valence-corrected chi connectivity index (χ2v) is 5.01. The Labute approximate surface area is 102 Å². The molecule has 0 aromatic rings. The van der Waals surface area contributed by atoms with Gasteiger partial charge in [0.1, 0.15) is 5.54 Å². The van der Waals surface area contributed by atoms with Gasteiger partial charge < -0.3 is 14.8 Å². The summed E-state index contributed by atoms with van der Waals surface area (Å²) in [6.45, 7) is 2.67.